The van der Waals surface area contributed by atoms with Crippen molar-refractivity contribution in [2.45, 2.75) is 12.5 Å². The Kier molecular flexibility index (Phi) is 2.63. The molecule has 1 aliphatic rings. The fraction of sp³-hybridized carbons (Fsp3) is 0.200. The highest BCUT2D eigenvalue weighted by atomic mass is 35.5. The van der Waals surface area contributed by atoms with Crippen LogP contribution < -0.4 is 4.90 Å². The maximum Gasteiger partial charge on any atom is 0.177 e. The van der Waals surface area contributed by atoms with Gasteiger partial charge in [0.15, 0.2) is 10.8 Å². The lowest BCUT2D eigenvalue weighted by atomic mass is 9.94. The first-order valence-electron chi connectivity index (χ1n) is 6.64. The molecule has 0 spiro atoms. The summed E-state index contributed by atoms with van der Waals surface area (Å²) < 4.78 is 1.73. The molecule has 3 heterocycles. The van der Waals surface area contributed by atoms with E-state index in [1.165, 1.54) is 5.56 Å². The van der Waals surface area contributed by atoms with Crippen molar-refractivity contribution in [2.75, 3.05) is 11.4 Å². The molecule has 0 radical (unpaired) electrons. The highest BCUT2D eigenvalue weighted by Crippen LogP contribution is 2.39. The van der Waals surface area contributed by atoms with Crippen molar-refractivity contribution in [1.29, 1.82) is 0 Å². The van der Waals surface area contributed by atoms with E-state index in [1.54, 1.807) is 10.7 Å². The van der Waals surface area contributed by atoms with Crippen LogP contribution in [0.25, 0.3) is 5.65 Å². The molecular weight excluding hydrogens is 272 g/mol. The van der Waals surface area contributed by atoms with Gasteiger partial charge in [-0.05, 0) is 12.0 Å². The van der Waals surface area contributed by atoms with Crippen molar-refractivity contribution in [2.24, 2.45) is 0 Å². The third-order valence-corrected chi connectivity index (χ3v) is 4.01. The Morgan fingerprint density at radius 2 is 2.05 bits per heavy atom. The average Bonchev–Trinajstić information content (AvgIpc) is 2.87. The predicted molar refractivity (Wildman–Crippen MR) is 79.1 cm³/mol. The van der Waals surface area contributed by atoms with Gasteiger partial charge in [0.2, 0.25) is 0 Å². The van der Waals surface area contributed by atoms with Gasteiger partial charge >= 0.3 is 0 Å². The van der Waals surface area contributed by atoms with Crippen LogP contribution in [-0.2, 0) is 0 Å². The molecule has 5 heteroatoms. The third-order valence-electron chi connectivity index (χ3n) is 3.82. The molecule has 3 aromatic rings. The fourth-order valence-electron chi connectivity index (χ4n) is 2.78. The van der Waals surface area contributed by atoms with Gasteiger partial charge in [-0.3, -0.25) is 0 Å². The zero-order valence-corrected chi connectivity index (χ0v) is 11.5. The van der Waals surface area contributed by atoms with E-state index < -0.39 is 0 Å². The van der Waals surface area contributed by atoms with E-state index in [9.17, 15) is 0 Å². The van der Waals surface area contributed by atoms with Crippen molar-refractivity contribution >= 4 is 22.9 Å². The maximum absolute atomic E-state index is 6.11. The summed E-state index contributed by atoms with van der Waals surface area (Å²) >= 11 is 6.11. The van der Waals surface area contributed by atoms with Gasteiger partial charge in [-0.25, -0.2) is 9.50 Å². The molecule has 0 saturated carbocycles. The summed E-state index contributed by atoms with van der Waals surface area (Å²) in [5.74, 6) is 0. The summed E-state index contributed by atoms with van der Waals surface area (Å²) in [7, 11) is 0. The Bertz CT molecular complexity index is 753. The standard InChI is InChI=1S/C15H13ClN4/c16-14-10-13(15-17-7-9-20(15)18-14)19-8-6-12(19)11-4-2-1-3-5-11/h1-5,7,9-10,12H,6,8H2. The number of anilines is 1. The van der Waals surface area contributed by atoms with Crippen molar-refractivity contribution in [3.63, 3.8) is 0 Å². The van der Waals surface area contributed by atoms with E-state index in [-0.39, 0.29) is 0 Å². The number of hydrogen-bond acceptors (Lipinski definition) is 3. The van der Waals surface area contributed by atoms with E-state index in [4.69, 9.17) is 11.6 Å². The lowest BCUT2D eigenvalue weighted by molar-refractivity contribution is 0.466. The number of halogens is 1. The van der Waals surface area contributed by atoms with Crippen LogP contribution in [0.15, 0.2) is 48.8 Å². The van der Waals surface area contributed by atoms with Crippen LogP contribution in [0.2, 0.25) is 5.15 Å². The van der Waals surface area contributed by atoms with Crippen LogP contribution in [0.5, 0.6) is 0 Å². The highest BCUT2D eigenvalue weighted by molar-refractivity contribution is 6.29. The minimum absolute atomic E-state index is 0.398. The largest absolute Gasteiger partial charge is 0.361 e. The maximum atomic E-state index is 6.11. The van der Waals surface area contributed by atoms with Crippen LogP contribution in [-0.4, -0.2) is 21.1 Å². The van der Waals surface area contributed by atoms with Crippen molar-refractivity contribution < 1.29 is 0 Å². The monoisotopic (exact) mass is 284 g/mol. The second-order valence-electron chi connectivity index (χ2n) is 4.96. The van der Waals surface area contributed by atoms with E-state index >= 15 is 0 Å². The number of nitrogens with zero attached hydrogens (tertiary/aromatic N) is 4. The first kappa shape index (κ1) is 11.7. The minimum atomic E-state index is 0.398. The summed E-state index contributed by atoms with van der Waals surface area (Å²) in [5.41, 5.74) is 3.24. The van der Waals surface area contributed by atoms with Gasteiger partial charge in [-0.15, -0.1) is 0 Å². The van der Waals surface area contributed by atoms with E-state index in [1.807, 2.05) is 18.3 Å². The first-order valence-corrected chi connectivity index (χ1v) is 7.02. The number of aromatic nitrogens is 3. The third kappa shape index (κ3) is 1.76. The van der Waals surface area contributed by atoms with Crippen molar-refractivity contribution in [1.82, 2.24) is 14.6 Å². The van der Waals surface area contributed by atoms with Gasteiger partial charge in [-0.2, -0.15) is 5.10 Å². The smallest absolute Gasteiger partial charge is 0.177 e. The molecule has 4 rings (SSSR count). The normalized spacial score (nSPS) is 18.2. The first-order chi connectivity index (χ1) is 9.83. The van der Waals surface area contributed by atoms with Crippen LogP contribution in [0, 0.1) is 0 Å². The van der Waals surface area contributed by atoms with E-state index in [2.05, 4.69) is 39.2 Å². The van der Waals surface area contributed by atoms with Gasteiger partial charge in [-0.1, -0.05) is 41.9 Å². The number of benzene rings is 1. The van der Waals surface area contributed by atoms with E-state index in [0.29, 0.717) is 11.2 Å². The van der Waals surface area contributed by atoms with E-state index in [0.717, 1.165) is 24.3 Å². The lowest BCUT2D eigenvalue weighted by Gasteiger charge is -2.43. The highest BCUT2D eigenvalue weighted by Gasteiger charge is 2.31. The molecule has 20 heavy (non-hydrogen) atoms. The average molecular weight is 285 g/mol. The predicted octanol–water partition coefficient (Wildman–Crippen LogP) is 3.33. The molecule has 0 bridgehead atoms. The second kappa shape index (κ2) is 4.49. The molecule has 2 aromatic heterocycles. The topological polar surface area (TPSA) is 33.4 Å². The lowest BCUT2D eigenvalue weighted by Crippen LogP contribution is -2.41. The van der Waals surface area contributed by atoms with Crippen LogP contribution >= 0.6 is 11.6 Å². The molecule has 1 aliphatic heterocycles. The minimum Gasteiger partial charge on any atom is -0.361 e. The molecule has 100 valence electrons. The molecule has 1 atom stereocenters. The zero-order valence-electron chi connectivity index (χ0n) is 10.8. The van der Waals surface area contributed by atoms with Gasteiger partial charge in [0.1, 0.15) is 0 Å². The summed E-state index contributed by atoms with van der Waals surface area (Å²) in [4.78, 5) is 6.73. The van der Waals surface area contributed by atoms with Gasteiger partial charge in [0.25, 0.3) is 0 Å². The number of rotatable bonds is 2. The Morgan fingerprint density at radius 1 is 1.20 bits per heavy atom. The number of hydrogen-bond donors (Lipinski definition) is 0. The zero-order chi connectivity index (χ0) is 13.5. The summed E-state index contributed by atoms with van der Waals surface area (Å²) in [5, 5.41) is 4.72. The van der Waals surface area contributed by atoms with Crippen LogP contribution in [0.1, 0.15) is 18.0 Å². The SMILES string of the molecule is Clc1cc(N2CCC2c2ccccc2)c2nccn2n1. The summed E-state index contributed by atoms with van der Waals surface area (Å²) in [6.45, 7) is 1.02. The van der Waals surface area contributed by atoms with Crippen LogP contribution in [0.3, 0.4) is 0 Å². The Balaban J connectivity index is 1.78. The second-order valence-corrected chi connectivity index (χ2v) is 5.34. The summed E-state index contributed by atoms with van der Waals surface area (Å²) in [6.07, 6.45) is 4.72. The van der Waals surface area contributed by atoms with Crippen molar-refractivity contribution in [3.05, 3.63) is 59.5 Å². The molecule has 1 saturated heterocycles. The fourth-order valence-corrected chi connectivity index (χ4v) is 2.96. The molecule has 0 aliphatic carbocycles. The Labute approximate surface area is 121 Å². The molecule has 0 amide bonds. The Hall–Kier alpha value is -2.07. The van der Waals surface area contributed by atoms with Crippen LogP contribution in [0.4, 0.5) is 5.69 Å². The Morgan fingerprint density at radius 3 is 2.80 bits per heavy atom. The van der Waals surface area contributed by atoms with Gasteiger partial charge in [0.05, 0.1) is 11.7 Å². The molecular formula is C15H13ClN4. The molecule has 1 aromatic carbocycles. The molecule has 0 N–H and O–H groups in total. The number of fused-ring (bicyclic) bond motifs is 1. The molecule has 4 nitrogen and oxygen atoms in total. The molecule has 1 fully saturated rings. The number of imidazole rings is 1. The quantitative estimate of drug-likeness (QED) is 0.724. The van der Waals surface area contributed by atoms with Crippen molar-refractivity contribution in [3.8, 4) is 0 Å². The van der Waals surface area contributed by atoms with Gasteiger partial charge in [0, 0.05) is 25.0 Å². The van der Waals surface area contributed by atoms with Gasteiger partial charge < -0.3 is 4.90 Å². The molecule has 1 unspecified atom stereocenters. The summed E-state index contributed by atoms with van der Waals surface area (Å²) in [6, 6.07) is 12.8.